The van der Waals surface area contributed by atoms with Gasteiger partial charge >= 0.3 is 0 Å². The van der Waals surface area contributed by atoms with E-state index in [1.54, 1.807) is 0 Å². The highest BCUT2D eigenvalue weighted by atomic mass is 32.2. The van der Waals surface area contributed by atoms with Crippen LogP contribution in [0.15, 0.2) is 98.4 Å². The van der Waals surface area contributed by atoms with Crippen molar-refractivity contribution in [3.8, 4) is 0 Å². The summed E-state index contributed by atoms with van der Waals surface area (Å²) in [5.74, 6) is -7.41. The fourth-order valence-corrected chi connectivity index (χ4v) is 12.6. The lowest BCUT2D eigenvalue weighted by Crippen LogP contribution is -2.25. The summed E-state index contributed by atoms with van der Waals surface area (Å²) in [4.78, 5) is 73.4. The van der Waals surface area contributed by atoms with E-state index in [9.17, 15) is 93.6 Å². The fourth-order valence-electron chi connectivity index (χ4n) is 7.79. The smallest absolute Gasteiger partial charge is 0.298 e. The normalized spacial score (nSPS) is 11.8. The van der Waals surface area contributed by atoms with Crippen molar-refractivity contribution < 1.29 is 93.6 Å². The number of rotatable bonds is 21. The first-order valence-corrected chi connectivity index (χ1v) is 28.2. The molecule has 0 fully saturated rings. The molecule has 0 radical (unpaired) electrons. The molecule has 32 heteroatoms. The van der Waals surface area contributed by atoms with Crippen molar-refractivity contribution in [1.29, 1.82) is 0 Å². The van der Waals surface area contributed by atoms with Crippen LogP contribution < -0.4 is 31.9 Å². The molecule has 0 unspecified atom stereocenters. The maximum atomic E-state index is 13.7. The summed E-state index contributed by atoms with van der Waals surface area (Å²) in [6.45, 7) is 27.9. The molecule has 0 aromatic heterocycles. The lowest BCUT2D eigenvalue weighted by molar-refractivity contribution is -0.114. The van der Waals surface area contributed by atoms with Gasteiger partial charge in [-0.2, -0.15) is 42.1 Å². The maximum absolute atomic E-state index is 13.7. The molecular weight excluding hydrogens is 1120 g/mol. The molecule has 0 aliphatic carbocycles. The molecule has 3 aromatic rings. The van der Waals surface area contributed by atoms with E-state index in [0.717, 1.165) is 33.8 Å². The van der Waals surface area contributed by atoms with E-state index < -0.39 is 191 Å². The molecule has 0 aliphatic heterocycles. The topological polar surface area (TPSA) is 446 Å². The Kier molecular flexibility index (Phi) is 19.0. The van der Waals surface area contributed by atoms with Crippen molar-refractivity contribution in [3.63, 3.8) is 0 Å². The molecule has 11 N–H and O–H groups in total. The van der Waals surface area contributed by atoms with Gasteiger partial charge in [0.05, 0.1) is 34.1 Å². The number of benzene rings is 3. The van der Waals surface area contributed by atoms with E-state index in [0.29, 0.717) is 6.08 Å². The van der Waals surface area contributed by atoms with Gasteiger partial charge in [0.25, 0.3) is 74.2 Å². The Morgan fingerprint density at radius 3 is 0.740 bits per heavy atom. The zero-order chi connectivity index (χ0) is 59.7. The Hall–Kier alpha value is -7.53. The summed E-state index contributed by atoms with van der Waals surface area (Å²) < 4.78 is 178. The molecule has 416 valence electrons. The van der Waals surface area contributed by atoms with Gasteiger partial charge in [0, 0.05) is 35.1 Å². The van der Waals surface area contributed by atoms with Gasteiger partial charge in [0.15, 0.2) is 0 Å². The summed E-state index contributed by atoms with van der Waals surface area (Å²) in [7, 11) is -27.0. The predicted octanol–water partition coefficient (Wildman–Crippen LogP) is 4.49. The second-order valence-corrected chi connectivity index (χ2v) is 23.4. The minimum atomic E-state index is -5.73. The van der Waals surface area contributed by atoms with E-state index >= 15 is 0 Å². The third kappa shape index (κ3) is 14.1. The lowest BCUT2D eigenvalue weighted by Gasteiger charge is -2.23. The van der Waals surface area contributed by atoms with Crippen molar-refractivity contribution in [2.24, 2.45) is 0 Å². The number of nitrogens with one attached hydrogen (secondary N) is 6. The van der Waals surface area contributed by atoms with Crippen molar-refractivity contribution in [2.75, 3.05) is 31.9 Å². The van der Waals surface area contributed by atoms with Crippen molar-refractivity contribution in [3.05, 3.63) is 113 Å². The molecular formula is C45H50N6O21S5. The number of hydrogen-bond donors (Lipinski definition) is 11. The number of amides is 6. The number of carbonyl (C=O) groups excluding carboxylic acids is 6. The molecule has 0 atom stereocenters. The molecule has 6 amide bonds. The van der Waals surface area contributed by atoms with Gasteiger partial charge in [0.1, 0.15) is 24.5 Å². The van der Waals surface area contributed by atoms with Gasteiger partial charge in [-0.25, -0.2) is 0 Å². The Morgan fingerprint density at radius 1 is 0.338 bits per heavy atom. The summed E-state index contributed by atoms with van der Waals surface area (Å²) in [6, 6.07) is 0. The average Bonchev–Trinajstić information content (AvgIpc) is 3.26. The summed E-state index contributed by atoms with van der Waals surface area (Å²) in [5, 5.41) is 12.7. The second kappa shape index (κ2) is 23.0. The maximum Gasteiger partial charge on any atom is 0.298 e. The van der Waals surface area contributed by atoms with Crippen LogP contribution in [-0.4, -0.2) is 100 Å². The molecule has 0 saturated carbocycles. The van der Waals surface area contributed by atoms with Gasteiger partial charge in [-0.3, -0.25) is 51.5 Å². The van der Waals surface area contributed by atoms with Crippen LogP contribution in [-0.2, 0) is 79.4 Å². The van der Waals surface area contributed by atoms with Crippen LogP contribution in [0.5, 0.6) is 0 Å². The molecule has 3 rings (SSSR count). The summed E-state index contributed by atoms with van der Waals surface area (Å²) >= 11 is 0. The van der Waals surface area contributed by atoms with Crippen LogP contribution in [0, 0.1) is 48.5 Å². The van der Waals surface area contributed by atoms with Crippen LogP contribution in [0.2, 0.25) is 0 Å². The number of carbonyl (C=O) groups is 6. The number of hydrogen-bond acceptors (Lipinski definition) is 16. The van der Waals surface area contributed by atoms with E-state index in [2.05, 4.69) is 50.1 Å². The monoisotopic (exact) mass is 1170 g/mol. The number of anilines is 6. The highest BCUT2D eigenvalue weighted by Crippen LogP contribution is 2.43. The van der Waals surface area contributed by atoms with E-state index in [1.807, 2.05) is 21.3 Å². The SMILES string of the molecule is C=CC(=O)Nc1c(C)c(NC(=O)C(=C)CC(=C)C(=O)Nc2c(C)c(S(=O)(=O)O)c(C)c(NC(=O)C(=C)CC(=C)C(=O)Nc3c(C)c(S(=O)(=O)O)c(C)c(NC(=O)C=C)c3S(=O)(=O)O)c2S(=O)(=O)O)c(C)c(S(=O)(=O)O)c1C. The zero-order valence-corrected chi connectivity index (χ0v) is 45.7. The second-order valence-electron chi connectivity index (χ2n) is 16.6. The van der Waals surface area contributed by atoms with Crippen molar-refractivity contribution in [2.45, 2.75) is 85.8 Å². The van der Waals surface area contributed by atoms with E-state index in [-0.39, 0.29) is 28.1 Å². The van der Waals surface area contributed by atoms with Gasteiger partial charge < -0.3 is 31.9 Å². The minimum absolute atomic E-state index is 0.0840. The zero-order valence-electron chi connectivity index (χ0n) is 41.6. The first-order chi connectivity index (χ1) is 34.9. The Balaban J connectivity index is 2.08. The quantitative estimate of drug-likeness (QED) is 0.0517. The third-order valence-corrected chi connectivity index (χ3v) is 16.4. The van der Waals surface area contributed by atoms with Gasteiger partial charge in [-0.1, -0.05) is 39.5 Å². The Morgan fingerprint density at radius 2 is 0.519 bits per heavy atom. The molecule has 0 aliphatic rings. The van der Waals surface area contributed by atoms with Crippen LogP contribution in [0.1, 0.15) is 51.8 Å². The van der Waals surface area contributed by atoms with Crippen LogP contribution in [0.3, 0.4) is 0 Å². The highest BCUT2D eigenvalue weighted by molar-refractivity contribution is 7.87. The first kappa shape index (κ1) is 63.8. The molecule has 0 bridgehead atoms. The van der Waals surface area contributed by atoms with Crippen molar-refractivity contribution >= 4 is 120 Å². The Bertz CT molecular complexity index is 3860. The highest BCUT2D eigenvalue weighted by Gasteiger charge is 2.36. The van der Waals surface area contributed by atoms with Crippen LogP contribution in [0.25, 0.3) is 0 Å². The molecule has 77 heavy (non-hydrogen) atoms. The molecule has 0 saturated heterocycles. The van der Waals surface area contributed by atoms with E-state index in [4.69, 9.17) is 0 Å². The van der Waals surface area contributed by atoms with Crippen LogP contribution in [0.4, 0.5) is 34.1 Å². The lowest BCUT2D eigenvalue weighted by atomic mass is 10.00. The summed E-state index contributed by atoms with van der Waals surface area (Å²) in [6.07, 6.45) is -0.283. The molecule has 0 heterocycles. The summed E-state index contributed by atoms with van der Waals surface area (Å²) in [5.41, 5.74) is -10.3. The fraction of sp³-hybridized carbons (Fsp3) is 0.200. The van der Waals surface area contributed by atoms with Gasteiger partial charge in [-0.15, -0.1) is 0 Å². The van der Waals surface area contributed by atoms with Crippen molar-refractivity contribution in [1.82, 2.24) is 0 Å². The molecule has 0 spiro atoms. The predicted molar refractivity (Wildman–Crippen MR) is 280 cm³/mol. The standard InChI is InChI=1S/C45H50N6O21S5/c1-14-29(52)46-31-22(7)32(24(9)37(23(31)8)73(58,59)60)48-42(54)18(3)16-19(4)44(56)50-35-27(12)39(75(64,65)66)28(13)36(41(35)77(70,71)72)51-45(57)21(6)17-20(5)43(55)49-34-26(11)38(74(61,62)63)25(10)33(47-30(53)15-2)40(34)76(67,68)69/h14-15H,1-6,16-17H2,7-13H3,(H,46,52)(H,47,53)(H,48,54)(H,49,55)(H,50,56)(H,51,57)(H,58,59,60)(H,61,62,63)(H,64,65,66)(H,67,68,69)(H,70,71,72). The Labute approximate surface area is 442 Å². The van der Waals surface area contributed by atoms with Crippen LogP contribution >= 0.6 is 0 Å². The largest absolute Gasteiger partial charge is 0.322 e. The molecule has 3 aromatic carbocycles. The molecule has 27 nitrogen and oxygen atoms in total. The van der Waals surface area contributed by atoms with Gasteiger partial charge in [-0.05, 0) is 99.6 Å². The van der Waals surface area contributed by atoms with E-state index in [1.165, 1.54) is 20.8 Å². The van der Waals surface area contributed by atoms with Gasteiger partial charge in [0.2, 0.25) is 11.8 Å². The average molecular weight is 1170 g/mol. The first-order valence-electron chi connectivity index (χ1n) is 21.0. The third-order valence-electron chi connectivity index (χ3n) is 11.2. The minimum Gasteiger partial charge on any atom is -0.322 e.